The van der Waals surface area contributed by atoms with Crippen LogP contribution in [0.15, 0.2) is 0 Å². The Labute approximate surface area is 89.8 Å². The Balaban J connectivity index is 2.10. The van der Waals surface area contributed by atoms with Gasteiger partial charge in [-0.2, -0.15) is 0 Å². The minimum Gasteiger partial charge on any atom is -0.447 e. The molecule has 1 saturated heterocycles. The first-order chi connectivity index (χ1) is 7.25. The minimum absolute atomic E-state index is 0.308. The van der Waals surface area contributed by atoms with Crippen LogP contribution in [0.5, 0.6) is 0 Å². The van der Waals surface area contributed by atoms with Crippen LogP contribution in [-0.2, 0) is 4.74 Å². The fourth-order valence-corrected chi connectivity index (χ4v) is 1.42. The predicted octanol–water partition coefficient (Wildman–Crippen LogP) is 1.73. The van der Waals surface area contributed by atoms with Gasteiger partial charge in [0.05, 0.1) is 6.54 Å². The van der Waals surface area contributed by atoms with Crippen LogP contribution in [-0.4, -0.2) is 36.7 Å². The van der Waals surface area contributed by atoms with Crippen molar-refractivity contribution in [2.45, 2.75) is 32.6 Å². The number of nitrogens with zero attached hydrogens (tertiary/aromatic N) is 1. The van der Waals surface area contributed by atoms with E-state index in [1.165, 1.54) is 12.8 Å². The second-order valence-electron chi connectivity index (χ2n) is 3.56. The summed E-state index contributed by atoms with van der Waals surface area (Å²) in [5.41, 5.74) is 0. The first-order valence-electron chi connectivity index (χ1n) is 5.48. The number of nitrogens with one attached hydrogen (secondary N) is 1. The molecule has 1 heterocycles. The van der Waals surface area contributed by atoms with E-state index in [1.807, 2.05) is 0 Å². The molecule has 1 rings (SSSR count). The van der Waals surface area contributed by atoms with E-state index in [4.69, 9.17) is 0 Å². The molecular formula is C10H18N2O3. The van der Waals surface area contributed by atoms with Crippen LogP contribution in [0.4, 0.5) is 9.59 Å². The van der Waals surface area contributed by atoms with E-state index < -0.39 is 6.09 Å². The van der Waals surface area contributed by atoms with E-state index in [1.54, 1.807) is 0 Å². The summed E-state index contributed by atoms with van der Waals surface area (Å²) >= 11 is 0. The lowest BCUT2D eigenvalue weighted by molar-refractivity contribution is 0.158. The van der Waals surface area contributed by atoms with Gasteiger partial charge < -0.3 is 10.1 Å². The zero-order valence-electron chi connectivity index (χ0n) is 9.12. The van der Waals surface area contributed by atoms with Gasteiger partial charge in [-0.3, -0.25) is 0 Å². The Morgan fingerprint density at radius 1 is 1.47 bits per heavy atom. The van der Waals surface area contributed by atoms with Gasteiger partial charge >= 0.3 is 12.1 Å². The summed E-state index contributed by atoms with van der Waals surface area (Å²) in [5.74, 6) is 0. The monoisotopic (exact) mass is 214 g/mol. The number of carbonyl (C=O) groups is 2. The molecule has 1 fully saturated rings. The van der Waals surface area contributed by atoms with E-state index in [-0.39, 0.29) is 6.03 Å². The van der Waals surface area contributed by atoms with Crippen LogP contribution in [0, 0.1) is 0 Å². The van der Waals surface area contributed by atoms with Crippen molar-refractivity contribution in [3.8, 4) is 0 Å². The number of amides is 3. The van der Waals surface area contributed by atoms with Gasteiger partial charge in [-0.05, 0) is 6.42 Å². The zero-order valence-corrected chi connectivity index (χ0v) is 9.12. The number of unbranched alkanes of at least 4 members (excludes halogenated alkanes) is 3. The molecular weight excluding hydrogens is 196 g/mol. The Bertz CT molecular complexity index is 231. The van der Waals surface area contributed by atoms with Gasteiger partial charge in [-0.25, -0.2) is 14.5 Å². The Morgan fingerprint density at radius 2 is 2.27 bits per heavy atom. The van der Waals surface area contributed by atoms with Crippen LogP contribution in [0.3, 0.4) is 0 Å². The Hall–Kier alpha value is -1.26. The first-order valence-corrected chi connectivity index (χ1v) is 5.48. The van der Waals surface area contributed by atoms with Crippen molar-refractivity contribution in [3.05, 3.63) is 0 Å². The van der Waals surface area contributed by atoms with Crippen LogP contribution in [0.25, 0.3) is 0 Å². The molecule has 15 heavy (non-hydrogen) atoms. The standard InChI is InChI=1S/C10H18N2O3/c1-2-3-4-5-6-11-9(13)12-7-8-15-10(12)14/h2-8H2,1H3,(H,11,13). The summed E-state index contributed by atoms with van der Waals surface area (Å²) in [5, 5.41) is 2.70. The highest BCUT2D eigenvalue weighted by Crippen LogP contribution is 2.03. The van der Waals surface area contributed by atoms with Crippen LogP contribution >= 0.6 is 0 Å². The van der Waals surface area contributed by atoms with E-state index in [2.05, 4.69) is 17.0 Å². The fourth-order valence-electron chi connectivity index (χ4n) is 1.42. The second kappa shape index (κ2) is 6.27. The van der Waals surface area contributed by atoms with Crippen LogP contribution in [0.1, 0.15) is 32.6 Å². The number of ether oxygens (including phenoxy) is 1. The molecule has 0 bridgehead atoms. The van der Waals surface area contributed by atoms with Gasteiger partial charge in [0.2, 0.25) is 0 Å². The van der Waals surface area contributed by atoms with Gasteiger partial charge in [-0.1, -0.05) is 26.2 Å². The molecule has 5 nitrogen and oxygen atoms in total. The van der Waals surface area contributed by atoms with Gasteiger partial charge in [0.15, 0.2) is 0 Å². The van der Waals surface area contributed by atoms with Crippen molar-refractivity contribution in [1.82, 2.24) is 10.2 Å². The molecule has 0 spiro atoms. The lowest BCUT2D eigenvalue weighted by Crippen LogP contribution is -2.40. The van der Waals surface area contributed by atoms with Gasteiger partial charge in [0, 0.05) is 6.54 Å². The van der Waals surface area contributed by atoms with Gasteiger partial charge in [-0.15, -0.1) is 0 Å². The SMILES string of the molecule is CCCCCCNC(=O)N1CCOC1=O. The normalized spacial score (nSPS) is 15.3. The highest BCUT2D eigenvalue weighted by Gasteiger charge is 2.27. The summed E-state index contributed by atoms with van der Waals surface area (Å²) in [4.78, 5) is 23.5. The second-order valence-corrected chi connectivity index (χ2v) is 3.56. The summed E-state index contributed by atoms with van der Waals surface area (Å²) in [6.07, 6.45) is 3.89. The maximum atomic E-state index is 11.4. The Kier molecular flexibility index (Phi) is 4.93. The predicted molar refractivity (Wildman–Crippen MR) is 55.6 cm³/mol. The molecule has 1 aliphatic heterocycles. The highest BCUT2D eigenvalue weighted by atomic mass is 16.6. The quantitative estimate of drug-likeness (QED) is 0.709. The third-order valence-electron chi connectivity index (χ3n) is 2.31. The molecule has 0 aromatic rings. The molecule has 0 aromatic heterocycles. The van der Waals surface area contributed by atoms with Crippen molar-refractivity contribution in [2.24, 2.45) is 0 Å². The number of carbonyl (C=O) groups excluding carboxylic acids is 2. The molecule has 0 radical (unpaired) electrons. The molecule has 0 saturated carbocycles. The highest BCUT2D eigenvalue weighted by molar-refractivity contribution is 5.91. The number of rotatable bonds is 5. The number of hydrogen-bond acceptors (Lipinski definition) is 3. The molecule has 1 N–H and O–H groups in total. The third-order valence-corrected chi connectivity index (χ3v) is 2.31. The zero-order chi connectivity index (χ0) is 11.1. The summed E-state index contributed by atoms with van der Waals surface area (Å²) < 4.78 is 4.66. The molecule has 0 unspecified atom stereocenters. The van der Waals surface area contributed by atoms with Gasteiger partial charge in [0.1, 0.15) is 6.61 Å². The molecule has 0 aliphatic carbocycles. The number of hydrogen-bond donors (Lipinski definition) is 1. The maximum absolute atomic E-state index is 11.4. The first kappa shape index (κ1) is 11.8. The van der Waals surface area contributed by atoms with Crippen molar-refractivity contribution < 1.29 is 14.3 Å². The molecule has 0 aromatic carbocycles. The number of cyclic esters (lactones) is 1. The molecule has 86 valence electrons. The van der Waals surface area contributed by atoms with E-state index in [9.17, 15) is 9.59 Å². The topological polar surface area (TPSA) is 58.6 Å². The summed E-state index contributed by atoms with van der Waals surface area (Å²) in [6, 6.07) is -0.339. The van der Waals surface area contributed by atoms with E-state index in [0.717, 1.165) is 17.7 Å². The van der Waals surface area contributed by atoms with E-state index in [0.29, 0.717) is 19.7 Å². The van der Waals surface area contributed by atoms with Crippen LogP contribution in [0.2, 0.25) is 0 Å². The van der Waals surface area contributed by atoms with Crippen molar-refractivity contribution in [1.29, 1.82) is 0 Å². The van der Waals surface area contributed by atoms with Gasteiger partial charge in [0.25, 0.3) is 0 Å². The molecule has 0 atom stereocenters. The lowest BCUT2D eigenvalue weighted by atomic mass is 10.2. The van der Waals surface area contributed by atoms with E-state index >= 15 is 0 Å². The average molecular weight is 214 g/mol. The number of imide groups is 1. The smallest absolute Gasteiger partial charge is 0.418 e. The lowest BCUT2D eigenvalue weighted by Gasteiger charge is -2.11. The third kappa shape index (κ3) is 3.77. The van der Waals surface area contributed by atoms with Crippen molar-refractivity contribution in [2.75, 3.05) is 19.7 Å². The number of urea groups is 1. The summed E-state index contributed by atoms with van der Waals surface area (Å²) in [6.45, 7) is 3.43. The Morgan fingerprint density at radius 3 is 2.87 bits per heavy atom. The molecule has 3 amide bonds. The largest absolute Gasteiger partial charge is 0.447 e. The molecule has 1 aliphatic rings. The summed E-state index contributed by atoms with van der Waals surface area (Å²) in [7, 11) is 0. The van der Waals surface area contributed by atoms with Crippen molar-refractivity contribution in [3.63, 3.8) is 0 Å². The molecule has 5 heteroatoms. The van der Waals surface area contributed by atoms with Crippen molar-refractivity contribution >= 4 is 12.1 Å². The minimum atomic E-state index is -0.541. The maximum Gasteiger partial charge on any atom is 0.418 e. The van der Waals surface area contributed by atoms with Crippen LogP contribution < -0.4 is 5.32 Å². The fraction of sp³-hybridized carbons (Fsp3) is 0.800. The average Bonchev–Trinajstić information content (AvgIpc) is 2.64.